The Bertz CT molecular complexity index is 424. The molecule has 0 aliphatic rings. The standard InChI is InChI=1S/C11H11ClO3/c1-6-3-8(12)5-10(11(14)15)9(6)4-7(2)13/h3,5H,4H2,1-2H3,(H,14,15). The first-order chi connectivity index (χ1) is 6.91. The number of Topliss-reactive ketones (excluding diaryl/α,β-unsaturated/α-hetero) is 1. The van der Waals surface area contributed by atoms with E-state index in [4.69, 9.17) is 16.7 Å². The molecule has 1 rings (SSSR count). The van der Waals surface area contributed by atoms with Gasteiger partial charge in [0.15, 0.2) is 0 Å². The molecule has 0 saturated carbocycles. The quantitative estimate of drug-likeness (QED) is 0.862. The lowest BCUT2D eigenvalue weighted by Gasteiger charge is -2.08. The van der Waals surface area contributed by atoms with Gasteiger partial charge in [-0.25, -0.2) is 4.79 Å². The van der Waals surface area contributed by atoms with Crippen LogP contribution in [-0.2, 0) is 11.2 Å². The first-order valence-electron chi connectivity index (χ1n) is 4.43. The van der Waals surface area contributed by atoms with Gasteiger partial charge in [0.1, 0.15) is 5.78 Å². The van der Waals surface area contributed by atoms with E-state index in [9.17, 15) is 9.59 Å². The van der Waals surface area contributed by atoms with Gasteiger partial charge in [-0.15, -0.1) is 0 Å². The highest BCUT2D eigenvalue weighted by molar-refractivity contribution is 6.31. The van der Waals surface area contributed by atoms with E-state index in [0.717, 1.165) is 5.56 Å². The molecule has 0 unspecified atom stereocenters. The highest BCUT2D eigenvalue weighted by Gasteiger charge is 2.14. The fourth-order valence-electron chi connectivity index (χ4n) is 1.45. The SMILES string of the molecule is CC(=O)Cc1c(C)cc(Cl)cc1C(=O)O. The second-order valence-electron chi connectivity index (χ2n) is 3.43. The van der Waals surface area contributed by atoms with Gasteiger partial charge < -0.3 is 5.11 Å². The van der Waals surface area contributed by atoms with Gasteiger partial charge in [0.25, 0.3) is 0 Å². The Kier molecular flexibility index (Phi) is 3.48. The Balaban J connectivity index is 3.33. The van der Waals surface area contributed by atoms with E-state index in [1.54, 1.807) is 13.0 Å². The molecule has 0 spiro atoms. The van der Waals surface area contributed by atoms with E-state index in [-0.39, 0.29) is 17.8 Å². The Hall–Kier alpha value is -1.35. The van der Waals surface area contributed by atoms with E-state index in [0.29, 0.717) is 10.6 Å². The number of aromatic carboxylic acids is 1. The van der Waals surface area contributed by atoms with Gasteiger partial charge in [0, 0.05) is 11.4 Å². The summed E-state index contributed by atoms with van der Waals surface area (Å²) in [7, 11) is 0. The van der Waals surface area contributed by atoms with Crippen LogP contribution in [0.15, 0.2) is 12.1 Å². The van der Waals surface area contributed by atoms with Crippen LogP contribution >= 0.6 is 11.6 Å². The highest BCUT2D eigenvalue weighted by Crippen LogP contribution is 2.21. The molecule has 0 saturated heterocycles. The molecule has 15 heavy (non-hydrogen) atoms. The van der Waals surface area contributed by atoms with Crippen molar-refractivity contribution in [1.82, 2.24) is 0 Å². The smallest absolute Gasteiger partial charge is 0.336 e. The average molecular weight is 227 g/mol. The van der Waals surface area contributed by atoms with E-state index in [1.807, 2.05) is 0 Å². The molecule has 0 aromatic heterocycles. The number of rotatable bonds is 3. The Morgan fingerprint density at radius 3 is 2.47 bits per heavy atom. The predicted molar refractivity (Wildman–Crippen MR) is 57.5 cm³/mol. The maximum Gasteiger partial charge on any atom is 0.336 e. The number of halogens is 1. The summed E-state index contributed by atoms with van der Waals surface area (Å²) in [6.45, 7) is 3.18. The third kappa shape index (κ3) is 2.80. The third-order valence-corrected chi connectivity index (χ3v) is 2.31. The Labute approximate surface area is 92.7 Å². The summed E-state index contributed by atoms with van der Waals surface area (Å²) < 4.78 is 0. The average Bonchev–Trinajstić information content (AvgIpc) is 2.08. The summed E-state index contributed by atoms with van der Waals surface area (Å²) in [6, 6.07) is 3.03. The number of aryl methyl sites for hydroxylation is 1. The minimum Gasteiger partial charge on any atom is -0.478 e. The van der Waals surface area contributed by atoms with Crippen LogP contribution in [0.25, 0.3) is 0 Å². The molecule has 0 aliphatic heterocycles. The van der Waals surface area contributed by atoms with Gasteiger partial charge in [-0.3, -0.25) is 4.79 Å². The minimum atomic E-state index is -1.06. The second kappa shape index (κ2) is 4.45. The fraction of sp³-hybridized carbons (Fsp3) is 0.273. The van der Waals surface area contributed by atoms with Crippen molar-refractivity contribution in [3.63, 3.8) is 0 Å². The van der Waals surface area contributed by atoms with Gasteiger partial charge in [0.05, 0.1) is 5.56 Å². The number of hydrogen-bond donors (Lipinski definition) is 1. The molecule has 0 atom stereocenters. The molecule has 0 radical (unpaired) electrons. The lowest BCUT2D eigenvalue weighted by atomic mass is 9.97. The Morgan fingerprint density at radius 1 is 1.40 bits per heavy atom. The summed E-state index contributed by atoms with van der Waals surface area (Å²) in [5, 5.41) is 9.33. The first-order valence-corrected chi connectivity index (χ1v) is 4.81. The minimum absolute atomic E-state index is 0.0667. The van der Waals surface area contributed by atoms with Crippen LogP contribution in [0.4, 0.5) is 0 Å². The summed E-state index contributed by atoms with van der Waals surface area (Å²) in [6.07, 6.45) is 0.130. The van der Waals surface area contributed by atoms with Crippen LogP contribution in [-0.4, -0.2) is 16.9 Å². The number of carbonyl (C=O) groups is 2. The van der Waals surface area contributed by atoms with Crippen LogP contribution in [0, 0.1) is 6.92 Å². The molecule has 3 nitrogen and oxygen atoms in total. The summed E-state index contributed by atoms with van der Waals surface area (Å²) in [4.78, 5) is 21.9. The fourth-order valence-corrected chi connectivity index (χ4v) is 1.72. The van der Waals surface area contributed by atoms with Crippen molar-refractivity contribution in [2.45, 2.75) is 20.3 Å². The number of carboxylic acid groups (broad SMARTS) is 1. The lowest BCUT2D eigenvalue weighted by molar-refractivity contribution is -0.116. The van der Waals surface area contributed by atoms with E-state index in [1.165, 1.54) is 13.0 Å². The number of carboxylic acids is 1. The van der Waals surface area contributed by atoms with Crippen LogP contribution in [0.3, 0.4) is 0 Å². The molecular formula is C11H11ClO3. The van der Waals surface area contributed by atoms with Crippen LogP contribution < -0.4 is 0 Å². The Morgan fingerprint density at radius 2 is 2.00 bits per heavy atom. The summed E-state index contributed by atoms with van der Waals surface area (Å²) in [5.41, 5.74) is 1.38. The van der Waals surface area contributed by atoms with E-state index in [2.05, 4.69) is 0 Å². The maximum absolute atomic E-state index is 11.0. The van der Waals surface area contributed by atoms with E-state index >= 15 is 0 Å². The molecule has 0 bridgehead atoms. The van der Waals surface area contributed by atoms with Gasteiger partial charge in [0.2, 0.25) is 0 Å². The van der Waals surface area contributed by atoms with Crippen LogP contribution in [0.1, 0.15) is 28.4 Å². The summed E-state index contributed by atoms with van der Waals surface area (Å²) >= 11 is 5.75. The predicted octanol–water partition coefficient (Wildman–Crippen LogP) is 2.48. The zero-order valence-corrected chi connectivity index (χ0v) is 9.26. The van der Waals surface area contributed by atoms with Crippen molar-refractivity contribution in [2.24, 2.45) is 0 Å². The molecule has 4 heteroatoms. The number of carbonyl (C=O) groups excluding carboxylic acids is 1. The number of ketones is 1. The van der Waals surface area contributed by atoms with Gasteiger partial charge in [-0.05, 0) is 37.1 Å². The molecule has 1 aromatic carbocycles. The van der Waals surface area contributed by atoms with Gasteiger partial charge in [-0.2, -0.15) is 0 Å². The topological polar surface area (TPSA) is 54.4 Å². The van der Waals surface area contributed by atoms with Crippen molar-refractivity contribution in [2.75, 3.05) is 0 Å². The monoisotopic (exact) mass is 226 g/mol. The molecule has 0 amide bonds. The van der Waals surface area contributed by atoms with Crippen molar-refractivity contribution in [3.05, 3.63) is 33.8 Å². The molecule has 0 heterocycles. The third-order valence-electron chi connectivity index (χ3n) is 2.09. The first kappa shape index (κ1) is 11.7. The molecule has 1 N–H and O–H groups in total. The number of benzene rings is 1. The lowest BCUT2D eigenvalue weighted by Crippen LogP contribution is -2.08. The van der Waals surface area contributed by atoms with E-state index < -0.39 is 5.97 Å². The van der Waals surface area contributed by atoms with Crippen LogP contribution in [0.2, 0.25) is 5.02 Å². The van der Waals surface area contributed by atoms with Crippen LogP contribution in [0.5, 0.6) is 0 Å². The van der Waals surface area contributed by atoms with Gasteiger partial charge >= 0.3 is 5.97 Å². The highest BCUT2D eigenvalue weighted by atomic mass is 35.5. The van der Waals surface area contributed by atoms with Crippen molar-refractivity contribution >= 4 is 23.4 Å². The van der Waals surface area contributed by atoms with Gasteiger partial charge in [-0.1, -0.05) is 11.6 Å². The maximum atomic E-state index is 11.0. The van der Waals surface area contributed by atoms with Crippen molar-refractivity contribution in [3.8, 4) is 0 Å². The molecule has 80 valence electrons. The molecule has 0 fully saturated rings. The van der Waals surface area contributed by atoms with Crippen molar-refractivity contribution in [1.29, 1.82) is 0 Å². The zero-order valence-electron chi connectivity index (χ0n) is 8.50. The number of hydrogen-bond acceptors (Lipinski definition) is 2. The molecule has 0 aliphatic carbocycles. The normalized spacial score (nSPS) is 10.1. The molecular weight excluding hydrogens is 216 g/mol. The summed E-state index contributed by atoms with van der Waals surface area (Å²) in [5.74, 6) is -1.13. The zero-order chi connectivity index (χ0) is 11.6. The largest absolute Gasteiger partial charge is 0.478 e. The van der Waals surface area contributed by atoms with Crippen molar-refractivity contribution < 1.29 is 14.7 Å². The molecule has 1 aromatic rings. The second-order valence-corrected chi connectivity index (χ2v) is 3.87.